The van der Waals surface area contributed by atoms with Gasteiger partial charge in [0.05, 0.1) is 17.5 Å². The van der Waals surface area contributed by atoms with Crippen LogP contribution in [0.5, 0.6) is 11.5 Å². The van der Waals surface area contributed by atoms with Gasteiger partial charge in [-0.25, -0.2) is 4.79 Å². The summed E-state index contributed by atoms with van der Waals surface area (Å²) in [6.07, 6.45) is 2.97. The first-order valence-corrected chi connectivity index (χ1v) is 13.6. The molecule has 2 bridgehead atoms. The maximum atomic E-state index is 12.9. The summed E-state index contributed by atoms with van der Waals surface area (Å²) < 4.78 is 22.5. The van der Waals surface area contributed by atoms with E-state index in [1.165, 1.54) is 33.3 Å². The van der Waals surface area contributed by atoms with Gasteiger partial charge >= 0.3 is 12.1 Å². The summed E-state index contributed by atoms with van der Waals surface area (Å²) in [5.41, 5.74) is 12.6. The minimum atomic E-state index is -1.01. The summed E-state index contributed by atoms with van der Waals surface area (Å²) >= 11 is 0. The summed E-state index contributed by atoms with van der Waals surface area (Å²) in [6, 6.07) is 1.18. The van der Waals surface area contributed by atoms with Gasteiger partial charge in [-0.3, -0.25) is 9.59 Å². The van der Waals surface area contributed by atoms with Gasteiger partial charge in [0.1, 0.15) is 23.7 Å². The largest absolute Gasteiger partial charge is 0.506 e. The molecule has 1 aliphatic rings. The number of hydrogen-bond acceptors (Lipinski definition) is 10. The summed E-state index contributed by atoms with van der Waals surface area (Å²) in [6.45, 7) is 8.33. The zero-order valence-corrected chi connectivity index (χ0v) is 25.2. The number of aromatic hydroxyl groups is 2. The number of phenolic OH excluding ortho intramolecular Hbond substituents is 2. The fourth-order valence-corrected chi connectivity index (χ4v) is 4.99. The highest BCUT2D eigenvalue weighted by molar-refractivity contribution is 6.04. The Morgan fingerprint density at radius 3 is 2.33 bits per heavy atom. The monoisotopic (exact) mass is 589 g/mol. The van der Waals surface area contributed by atoms with Crippen molar-refractivity contribution in [2.75, 3.05) is 25.3 Å². The Morgan fingerprint density at radius 1 is 1.10 bits per heavy atom. The van der Waals surface area contributed by atoms with Crippen molar-refractivity contribution in [1.29, 1.82) is 0 Å². The third kappa shape index (κ3) is 8.98. The maximum absolute atomic E-state index is 12.9. The molecule has 0 radical (unpaired) electrons. The smallest absolute Gasteiger partial charge is 0.405 e. The molecule has 0 fully saturated rings. The molecule has 0 aliphatic carbocycles. The van der Waals surface area contributed by atoms with Crippen LogP contribution in [0.4, 0.5) is 16.2 Å². The van der Waals surface area contributed by atoms with Crippen molar-refractivity contribution >= 4 is 29.3 Å². The van der Waals surface area contributed by atoms with Crippen molar-refractivity contribution in [3.63, 3.8) is 0 Å². The number of nitrogen functional groups attached to an aromatic ring is 1. The second kappa shape index (κ2) is 15.3. The number of anilines is 2. The number of carbonyl (C=O) groups excluding carboxylic acids is 3. The lowest BCUT2D eigenvalue weighted by Gasteiger charge is -2.32. The van der Waals surface area contributed by atoms with Crippen molar-refractivity contribution in [3.8, 4) is 11.5 Å². The van der Waals surface area contributed by atoms with Crippen molar-refractivity contribution in [2.45, 2.75) is 71.9 Å². The van der Waals surface area contributed by atoms with Gasteiger partial charge in [0.15, 0.2) is 6.10 Å². The van der Waals surface area contributed by atoms with E-state index in [0.29, 0.717) is 12.0 Å². The molecule has 0 spiro atoms. The second-order valence-corrected chi connectivity index (χ2v) is 10.6. The van der Waals surface area contributed by atoms with Gasteiger partial charge < -0.3 is 45.9 Å². The van der Waals surface area contributed by atoms with Gasteiger partial charge in [-0.15, -0.1) is 0 Å². The number of fused-ring (bicyclic) bond motifs is 2. The summed E-state index contributed by atoms with van der Waals surface area (Å²) in [5, 5.41) is 24.1. The Labute approximate surface area is 246 Å². The fourth-order valence-electron chi connectivity index (χ4n) is 4.99. The van der Waals surface area contributed by atoms with Crippen molar-refractivity contribution in [2.24, 2.45) is 17.6 Å². The molecule has 1 aliphatic heterocycles. The topological polar surface area (TPSA) is 193 Å². The molecule has 6 atom stereocenters. The van der Waals surface area contributed by atoms with E-state index in [2.05, 4.69) is 5.32 Å². The number of esters is 1. The molecule has 2 amide bonds. The lowest BCUT2D eigenvalue weighted by atomic mass is 9.87. The van der Waals surface area contributed by atoms with E-state index in [1.54, 1.807) is 32.1 Å². The number of amides is 2. The zero-order valence-electron chi connectivity index (χ0n) is 25.2. The third-order valence-electron chi connectivity index (χ3n) is 7.14. The van der Waals surface area contributed by atoms with Crippen LogP contribution in [-0.2, 0) is 35.0 Å². The van der Waals surface area contributed by atoms with E-state index >= 15 is 0 Å². The molecular formula is C30H43N3O9. The van der Waals surface area contributed by atoms with E-state index in [0.717, 1.165) is 0 Å². The molecule has 232 valence electrons. The lowest BCUT2D eigenvalue weighted by Crippen LogP contribution is -2.39. The van der Waals surface area contributed by atoms with Crippen LogP contribution in [0.2, 0.25) is 0 Å². The number of allylic oxidation sites excluding steroid dienone is 2. The number of nitrogens with one attached hydrogen (secondary N) is 1. The Kier molecular flexibility index (Phi) is 12.4. The summed E-state index contributed by atoms with van der Waals surface area (Å²) in [7, 11) is 2.93. The van der Waals surface area contributed by atoms with E-state index in [4.69, 9.17) is 30.4 Å². The lowest BCUT2D eigenvalue weighted by molar-refractivity contribution is -0.157. The van der Waals surface area contributed by atoms with Gasteiger partial charge in [-0.2, -0.15) is 0 Å². The van der Waals surface area contributed by atoms with E-state index in [1.807, 2.05) is 13.8 Å². The number of ether oxygens (including phenoxy) is 4. The maximum Gasteiger partial charge on any atom is 0.405 e. The van der Waals surface area contributed by atoms with Crippen molar-refractivity contribution in [1.82, 2.24) is 0 Å². The highest BCUT2D eigenvalue weighted by Gasteiger charge is 2.33. The average molecular weight is 590 g/mol. The van der Waals surface area contributed by atoms with Crippen LogP contribution in [0.15, 0.2) is 41.5 Å². The molecule has 1 heterocycles. The molecular weight excluding hydrogens is 546 g/mol. The third-order valence-corrected chi connectivity index (χ3v) is 7.14. The van der Waals surface area contributed by atoms with Gasteiger partial charge in [0, 0.05) is 44.3 Å². The molecule has 0 aromatic heterocycles. The Morgan fingerprint density at radius 2 is 1.76 bits per heavy atom. The van der Waals surface area contributed by atoms with E-state index in [-0.39, 0.29) is 46.3 Å². The predicted octanol–water partition coefficient (Wildman–Crippen LogP) is 3.71. The molecule has 0 saturated heterocycles. The quantitative estimate of drug-likeness (QED) is 0.114. The molecule has 1 aromatic carbocycles. The number of methoxy groups -OCH3 is 2. The van der Waals surface area contributed by atoms with Crippen molar-refractivity contribution < 1.29 is 43.5 Å². The predicted molar refractivity (Wildman–Crippen MR) is 158 cm³/mol. The number of rotatable bonds is 4. The molecule has 0 saturated carbocycles. The molecule has 12 nitrogen and oxygen atoms in total. The molecule has 12 heteroatoms. The molecule has 1 aromatic rings. The number of carbonyl (C=O) groups is 3. The minimum absolute atomic E-state index is 0.0113. The van der Waals surface area contributed by atoms with Crippen LogP contribution in [0.3, 0.4) is 0 Å². The number of phenols is 2. The number of primary amides is 1. The SMILES string of the molecule is CO[C@@H]1/C=C/C=C(\C)C(=O)Nc2cc(O)c(N)c(c2O)C[C@@H](C)C[C@@H](OC)[C@@H](OC(C)=O)[C@@H](C)/C=C(\C)[C@@H]1OC(N)=O. The van der Waals surface area contributed by atoms with Gasteiger partial charge in [0.2, 0.25) is 0 Å². The number of benzene rings is 1. The standard InChI is InChI=1S/C30H43N3O9/c1-15-11-20-25(31)22(35)14-21(26(20)36)33-29(37)16(2)9-8-10-23(39-6)27(42-30(32)38)17(3)13-18(4)28(41-19(5)34)24(12-15)40-7/h8-10,13-15,18,23-24,27-28,35-36H,11-12,31H2,1-7H3,(H2,32,38)(H,33,37)/b10-8+,16-9+,17-13+/t15-,18+,23-,24-,27+,28+/m1/s1. The first kappa shape index (κ1) is 34.2. The summed E-state index contributed by atoms with van der Waals surface area (Å²) in [5.74, 6) is -2.22. The zero-order chi connectivity index (χ0) is 31.7. The molecule has 2 rings (SSSR count). The first-order chi connectivity index (χ1) is 19.7. The van der Waals surface area contributed by atoms with Crippen LogP contribution in [0.25, 0.3) is 0 Å². The van der Waals surface area contributed by atoms with E-state index < -0.39 is 48.3 Å². The molecule has 42 heavy (non-hydrogen) atoms. The number of nitrogens with two attached hydrogens (primary N) is 2. The average Bonchev–Trinajstić information content (AvgIpc) is 2.91. The van der Waals surface area contributed by atoms with Crippen LogP contribution in [-0.4, -0.2) is 66.8 Å². The van der Waals surface area contributed by atoms with Crippen LogP contribution in [0, 0.1) is 11.8 Å². The first-order valence-electron chi connectivity index (χ1n) is 13.6. The molecule has 7 N–H and O–H groups in total. The van der Waals surface area contributed by atoms with E-state index in [9.17, 15) is 24.6 Å². The Bertz CT molecular complexity index is 1240. The highest BCUT2D eigenvalue weighted by Crippen LogP contribution is 2.41. The Hall–Kier alpha value is -4.03. The summed E-state index contributed by atoms with van der Waals surface area (Å²) in [4.78, 5) is 36.8. The number of hydrogen-bond donors (Lipinski definition) is 5. The van der Waals surface area contributed by atoms with Gasteiger partial charge in [-0.1, -0.05) is 38.2 Å². The molecule has 0 unspecified atom stereocenters. The van der Waals surface area contributed by atoms with Crippen LogP contribution in [0.1, 0.15) is 46.6 Å². The van der Waals surface area contributed by atoms with Crippen LogP contribution < -0.4 is 16.8 Å². The fraction of sp³-hybridized carbons (Fsp3) is 0.500. The minimum Gasteiger partial charge on any atom is -0.506 e. The normalized spacial score (nSPS) is 29.3. The van der Waals surface area contributed by atoms with Crippen molar-refractivity contribution in [3.05, 3.63) is 47.1 Å². The Balaban J connectivity index is 2.71. The highest BCUT2D eigenvalue weighted by atomic mass is 16.6. The van der Waals surface area contributed by atoms with Crippen LogP contribution >= 0.6 is 0 Å². The van der Waals surface area contributed by atoms with Gasteiger partial charge in [-0.05, 0) is 38.2 Å². The second-order valence-electron chi connectivity index (χ2n) is 10.6. The van der Waals surface area contributed by atoms with Gasteiger partial charge in [0.25, 0.3) is 5.91 Å².